The summed E-state index contributed by atoms with van der Waals surface area (Å²) >= 11 is 1.65. The molecule has 0 spiro atoms. The Morgan fingerprint density at radius 1 is 1.43 bits per heavy atom. The number of piperidine rings is 1. The average molecular weight is 305 g/mol. The third kappa shape index (κ3) is 3.71. The van der Waals surface area contributed by atoms with E-state index >= 15 is 0 Å². The van der Waals surface area contributed by atoms with Crippen molar-refractivity contribution in [3.63, 3.8) is 0 Å². The molecule has 5 heteroatoms. The molecule has 4 nitrogen and oxygen atoms in total. The van der Waals surface area contributed by atoms with Crippen LogP contribution in [-0.2, 0) is 6.42 Å². The fourth-order valence-corrected chi connectivity index (χ4v) is 3.76. The van der Waals surface area contributed by atoms with Crippen LogP contribution in [0, 0.1) is 0 Å². The van der Waals surface area contributed by atoms with Crippen LogP contribution in [-0.4, -0.2) is 34.2 Å². The summed E-state index contributed by atoms with van der Waals surface area (Å²) in [5.41, 5.74) is 0. The molecule has 114 valence electrons. The molecular weight excluding hydrogens is 282 g/mol. The molecule has 1 aliphatic rings. The molecule has 2 aromatic heterocycles. The molecule has 0 N–H and O–H groups in total. The van der Waals surface area contributed by atoms with Gasteiger partial charge in [0.1, 0.15) is 0 Å². The highest BCUT2D eigenvalue weighted by atomic mass is 32.1. The van der Waals surface area contributed by atoms with Gasteiger partial charge < -0.3 is 9.42 Å². The number of likely N-dealkylation sites (tertiary alicyclic amines) is 1. The quantitative estimate of drug-likeness (QED) is 0.809. The van der Waals surface area contributed by atoms with Gasteiger partial charge in [0, 0.05) is 12.5 Å². The van der Waals surface area contributed by atoms with Crippen LogP contribution in [0.15, 0.2) is 22.0 Å². The van der Waals surface area contributed by atoms with Gasteiger partial charge in [0.15, 0.2) is 0 Å². The molecule has 0 aromatic carbocycles. The number of aromatic nitrogens is 2. The second-order valence-electron chi connectivity index (χ2n) is 5.69. The van der Waals surface area contributed by atoms with Gasteiger partial charge in [-0.2, -0.15) is 4.98 Å². The fraction of sp³-hybridized carbons (Fsp3) is 0.625. The minimum atomic E-state index is 0.726. The summed E-state index contributed by atoms with van der Waals surface area (Å²) in [4.78, 5) is 8.20. The van der Waals surface area contributed by atoms with Crippen LogP contribution in [0.25, 0.3) is 10.7 Å². The lowest BCUT2D eigenvalue weighted by Crippen LogP contribution is -2.39. The molecular formula is C16H23N3OS. The lowest BCUT2D eigenvalue weighted by Gasteiger charge is -2.35. The maximum absolute atomic E-state index is 5.36. The first-order valence-corrected chi connectivity index (χ1v) is 8.85. The van der Waals surface area contributed by atoms with Crippen LogP contribution in [0.1, 0.15) is 44.9 Å². The Morgan fingerprint density at radius 2 is 2.38 bits per heavy atom. The van der Waals surface area contributed by atoms with Crippen LogP contribution in [0.3, 0.4) is 0 Å². The smallest absolute Gasteiger partial charge is 0.227 e. The topological polar surface area (TPSA) is 42.2 Å². The van der Waals surface area contributed by atoms with Gasteiger partial charge >= 0.3 is 0 Å². The van der Waals surface area contributed by atoms with Crippen molar-refractivity contribution in [2.75, 3.05) is 13.1 Å². The van der Waals surface area contributed by atoms with Gasteiger partial charge in [-0.05, 0) is 50.2 Å². The number of hydrogen-bond acceptors (Lipinski definition) is 5. The average Bonchev–Trinajstić information content (AvgIpc) is 3.18. The summed E-state index contributed by atoms with van der Waals surface area (Å²) in [6.07, 6.45) is 7.35. The molecule has 0 amide bonds. The van der Waals surface area contributed by atoms with Crippen molar-refractivity contribution in [3.8, 4) is 10.7 Å². The first-order valence-electron chi connectivity index (χ1n) is 7.97. The van der Waals surface area contributed by atoms with E-state index in [1.807, 2.05) is 17.5 Å². The van der Waals surface area contributed by atoms with E-state index in [0.29, 0.717) is 0 Å². The van der Waals surface area contributed by atoms with Crippen molar-refractivity contribution in [2.45, 2.75) is 51.5 Å². The fourth-order valence-electron chi connectivity index (χ4n) is 3.11. The zero-order valence-electron chi connectivity index (χ0n) is 12.6. The van der Waals surface area contributed by atoms with E-state index in [-0.39, 0.29) is 0 Å². The summed E-state index contributed by atoms with van der Waals surface area (Å²) in [6.45, 7) is 4.70. The monoisotopic (exact) mass is 305 g/mol. The van der Waals surface area contributed by atoms with Gasteiger partial charge in [-0.3, -0.25) is 0 Å². The number of nitrogens with zero attached hydrogens (tertiary/aromatic N) is 3. The number of rotatable bonds is 6. The molecule has 1 fully saturated rings. The third-order valence-electron chi connectivity index (χ3n) is 4.27. The van der Waals surface area contributed by atoms with Crippen molar-refractivity contribution in [3.05, 3.63) is 23.4 Å². The Bertz CT molecular complexity index is 537. The van der Waals surface area contributed by atoms with E-state index < -0.39 is 0 Å². The van der Waals surface area contributed by atoms with Gasteiger partial charge in [-0.1, -0.05) is 24.6 Å². The Kier molecular flexibility index (Phi) is 5.04. The Labute approximate surface area is 130 Å². The summed E-state index contributed by atoms with van der Waals surface area (Å²) < 4.78 is 5.36. The Hall–Kier alpha value is -1.20. The van der Waals surface area contributed by atoms with Crippen molar-refractivity contribution in [1.29, 1.82) is 0 Å². The minimum Gasteiger partial charge on any atom is -0.339 e. The van der Waals surface area contributed by atoms with Gasteiger partial charge in [-0.25, -0.2) is 0 Å². The van der Waals surface area contributed by atoms with Crippen molar-refractivity contribution in [1.82, 2.24) is 15.0 Å². The van der Waals surface area contributed by atoms with Gasteiger partial charge in [-0.15, -0.1) is 11.3 Å². The van der Waals surface area contributed by atoms with Gasteiger partial charge in [0.25, 0.3) is 0 Å². The highest BCUT2D eigenvalue weighted by Crippen LogP contribution is 2.22. The SMILES string of the molecule is CCC1CCCCN1CCCc1nc(-c2cccs2)no1. The molecule has 1 saturated heterocycles. The van der Waals surface area contributed by atoms with Crippen LogP contribution >= 0.6 is 11.3 Å². The normalized spacial score (nSPS) is 20.0. The summed E-state index contributed by atoms with van der Waals surface area (Å²) in [5.74, 6) is 1.49. The van der Waals surface area contributed by atoms with E-state index in [1.165, 1.54) is 32.2 Å². The van der Waals surface area contributed by atoms with Crippen molar-refractivity contribution >= 4 is 11.3 Å². The van der Waals surface area contributed by atoms with E-state index in [1.54, 1.807) is 11.3 Å². The highest BCUT2D eigenvalue weighted by molar-refractivity contribution is 7.13. The number of aryl methyl sites for hydroxylation is 1. The Morgan fingerprint density at radius 3 is 3.19 bits per heavy atom. The van der Waals surface area contributed by atoms with E-state index in [9.17, 15) is 0 Å². The zero-order chi connectivity index (χ0) is 14.5. The van der Waals surface area contributed by atoms with Crippen LogP contribution in [0.4, 0.5) is 0 Å². The summed E-state index contributed by atoms with van der Waals surface area (Å²) in [6, 6.07) is 4.82. The van der Waals surface area contributed by atoms with Gasteiger partial charge in [0.05, 0.1) is 4.88 Å². The van der Waals surface area contributed by atoms with E-state index in [4.69, 9.17) is 4.52 Å². The van der Waals surface area contributed by atoms with Crippen molar-refractivity contribution in [2.24, 2.45) is 0 Å². The second kappa shape index (κ2) is 7.18. The zero-order valence-corrected chi connectivity index (χ0v) is 13.4. The molecule has 0 bridgehead atoms. The largest absolute Gasteiger partial charge is 0.339 e. The standard InChI is InChI=1S/C16H23N3OS/c1-2-13-7-3-4-10-19(13)11-5-9-15-17-16(18-20-15)14-8-6-12-21-14/h6,8,12-13H,2-5,7,9-11H2,1H3. The first-order chi connectivity index (χ1) is 10.4. The molecule has 2 aromatic rings. The van der Waals surface area contributed by atoms with Crippen molar-refractivity contribution < 1.29 is 4.52 Å². The van der Waals surface area contributed by atoms with Crippen LogP contribution in [0.5, 0.6) is 0 Å². The molecule has 0 radical (unpaired) electrons. The molecule has 1 atom stereocenters. The maximum Gasteiger partial charge on any atom is 0.227 e. The second-order valence-corrected chi connectivity index (χ2v) is 6.63. The highest BCUT2D eigenvalue weighted by Gasteiger charge is 2.20. The molecule has 0 saturated carbocycles. The van der Waals surface area contributed by atoms with Crippen LogP contribution < -0.4 is 0 Å². The maximum atomic E-state index is 5.36. The number of thiophene rings is 1. The number of hydrogen-bond donors (Lipinski definition) is 0. The van der Waals surface area contributed by atoms with Gasteiger partial charge in [0.2, 0.25) is 11.7 Å². The van der Waals surface area contributed by atoms with Crippen LogP contribution in [0.2, 0.25) is 0 Å². The van der Waals surface area contributed by atoms with E-state index in [0.717, 1.165) is 42.0 Å². The minimum absolute atomic E-state index is 0.726. The molecule has 3 heterocycles. The lowest BCUT2D eigenvalue weighted by molar-refractivity contribution is 0.141. The summed E-state index contributed by atoms with van der Waals surface area (Å²) in [7, 11) is 0. The Balaban J connectivity index is 1.49. The predicted octanol–water partition coefficient (Wildman–Crippen LogP) is 4.00. The third-order valence-corrected chi connectivity index (χ3v) is 5.13. The first kappa shape index (κ1) is 14.7. The lowest BCUT2D eigenvalue weighted by atomic mass is 10.00. The molecule has 21 heavy (non-hydrogen) atoms. The molecule has 0 aliphatic carbocycles. The molecule has 1 aliphatic heterocycles. The van der Waals surface area contributed by atoms with E-state index in [2.05, 4.69) is 22.0 Å². The molecule has 3 rings (SSSR count). The predicted molar refractivity (Wildman–Crippen MR) is 85.4 cm³/mol. The molecule has 1 unspecified atom stereocenters. The summed E-state index contributed by atoms with van der Waals surface area (Å²) in [5, 5.41) is 6.10.